The van der Waals surface area contributed by atoms with Gasteiger partial charge in [0.05, 0.1) is 12.7 Å². The zero-order chi connectivity index (χ0) is 16.2. The maximum absolute atomic E-state index is 12.4. The van der Waals surface area contributed by atoms with Gasteiger partial charge in [-0.25, -0.2) is 4.74 Å². The van der Waals surface area contributed by atoms with E-state index in [4.69, 9.17) is 4.74 Å². The summed E-state index contributed by atoms with van der Waals surface area (Å²) in [6.07, 6.45) is -3.12. The molecule has 0 aliphatic rings. The molecule has 0 saturated heterocycles. The summed E-state index contributed by atoms with van der Waals surface area (Å²) in [5.41, 5.74) is 0.452. The van der Waals surface area contributed by atoms with Gasteiger partial charge in [-0.2, -0.15) is 13.2 Å². The van der Waals surface area contributed by atoms with Gasteiger partial charge in [0.25, 0.3) is 0 Å². The predicted octanol–water partition coefficient (Wildman–Crippen LogP) is 3.84. The molecule has 0 aromatic heterocycles. The van der Waals surface area contributed by atoms with Crippen LogP contribution < -0.4 is 4.74 Å². The van der Waals surface area contributed by atoms with Crippen molar-refractivity contribution in [1.29, 1.82) is 0 Å². The number of alkyl halides is 3. The van der Waals surface area contributed by atoms with Crippen molar-refractivity contribution in [2.24, 2.45) is 0 Å². The highest BCUT2D eigenvalue weighted by Gasteiger charge is 2.29. The molecule has 0 aliphatic heterocycles. The number of methoxy groups -OCH3 is 1. The smallest absolute Gasteiger partial charge is 0.416 e. The molecule has 0 heterocycles. The molecule has 2 aromatic carbocycles. The van der Waals surface area contributed by atoms with Gasteiger partial charge in [-0.15, -0.1) is 0 Å². The van der Waals surface area contributed by atoms with Crippen LogP contribution >= 0.6 is 0 Å². The Hall–Kier alpha value is -2.50. The second-order valence-corrected chi connectivity index (χ2v) is 4.67. The summed E-state index contributed by atoms with van der Waals surface area (Å²) in [5.74, 6) is 0.688. The quantitative estimate of drug-likeness (QED) is 0.372. The largest absolute Gasteiger partial charge is 0.624 e. The molecule has 0 bridgehead atoms. The van der Waals surface area contributed by atoms with E-state index in [1.54, 1.807) is 31.4 Å². The standard InChI is InChI=1S/C16H14F3NO2/c1-22-15-8-4-13(5-9-15)11-20(21)10-12-2-6-14(7-3-12)16(17,18)19/h2-10H,11H2,1H3/b20-10-. The fraction of sp³-hybridized carbons (Fsp3) is 0.188. The summed E-state index contributed by atoms with van der Waals surface area (Å²) < 4.78 is 43.0. The van der Waals surface area contributed by atoms with Crippen LogP contribution in [-0.2, 0) is 12.7 Å². The fourth-order valence-electron chi connectivity index (χ4n) is 1.88. The highest BCUT2D eigenvalue weighted by atomic mass is 19.4. The second-order valence-electron chi connectivity index (χ2n) is 4.67. The minimum absolute atomic E-state index is 0.102. The summed E-state index contributed by atoms with van der Waals surface area (Å²) >= 11 is 0. The Morgan fingerprint density at radius 1 is 1.05 bits per heavy atom. The first-order chi connectivity index (χ1) is 10.4. The van der Waals surface area contributed by atoms with Gasteiger partial charge < -0.3 is 9.94 Å². The molecule has 22 heavy (non-hydrogen) atoms. The van der Waals surface area contributed by atoms with Crippen LogP contribution in [0.25, 0.3) is 0 Å². The summed E-state index contributed by atoms with van der Waals surface area (Å²) in [6.45, 7) is 0.102. The van der Waals surface area contributed by atoms with E-state index in [1.807, 2.05) is 0 Å². The Morgan fingerprint density at radius 2 is 1.64 bits per heavy atom. The monoisotopic (exact) mass is 309 g/mol. The van der Waals surface area contributed by atoms with E-state index in [-0.39, 0.29) is 6.54 Å². The van der Waals surface area contributed by atoms with Crippen LogP contribution in [0.1, 0.15) is 16.7 Å². The average molecular weight is 309 g/mol. The Bertz CT molecular complexity index is 647. The number of benzene rings is 2. The minimum atomic E-state index is -4.38. The van der Waals surface area contributed by atoms with Crippen molar-refractivity contribution in [2.45, 2.75) is 12.7 Å². The molecule has 0 amide bonds. The molecule has 0 N–H and O–H groups in total. The first-order valence-electron chi connectivity index (χ1n) is 6.47. The van der Waals surface area contributed by atoms with Crippen LogP contribution in [0.2, 0.25) is 0 Å². The van der Waals surface area contributed by atoms with Gasteiger partial charge >= 0.3 is 6.18 Å². The number of ether oxygens (including phenoxy) is 1. The third kappa shape index (κ3) is 4.25. The fourth-order valence-corrected chi connectivity index (χ4v) is 1.88. The summed E-state index contributed by atoms with van der Waals surface area (Å²) in [7, 11) is 1.55. The first kappa shape index (κ1) is 15.9. The van der Waals surface area contributed by atoms with E-state index in [2.05, 4.69) is 0 Å². The molecule has 0 saturated carbocycles. The van der Waals surface area contributed by atoms with Gasteiger partial charge in [-0.3, -0.25) is 0 Å². The maximum Gasteiger partial charge on any atom is 0.416 e. The molecule has 6 heteroatoms. The molecule has 0 radical (unpaired) electrons. The molecular weight excluding hydrogens is 295 g/mol. The van der Waals surface area contributed by atoms with Crippen molar-refractivity contribution in [1.82, 2.24) is 0 Å². The number of hydrogen-bond acceptors (Lipinski definition) is 2. The van der Waals surface area contributed by atoms with Crippen LogP contribution in [0.4, 0.5) is 13.2 Å². The van der Waals surface area contributed by atoms with Gasteiger partial charge in [-0.05, 0) is 48.5 Å². The third-order valence-electron chi connectivity index (χ3n) is 3.03. The van der Waals surface area contributed by atoms with Crippen LogP contribution in [0.3, 0.4) is 0 Å². The zero-order valence-electron chi connectivity index (χ0n) is 11.8. The van der Waals surface area contributed by atoms with Crippen LogP contribution in [-0.4, -0.2) is 18.1 Å². The summed E-state index contributed by atoms with van der Waals surface area (Å²) in [5, 5.41) is 11.8. The Labute approximate surface area is 125 Å². The first-order valence-corrected chi connectivity index (χ1v) is 6.47. The van der Waals surface area contributed by atoms with E-state index in [0.29, 0.717) is 16.1 Å². The molecule has 0 fully saturated rings. The number of rotatable bonds is 4. The lowest BCUT2D eigenvalue weighted by Crippen LogP contribution is -2.07. The molecule has 3 nitrogen and oxygen atoms in total. The van der Waals surface area contributed by atoms with Gasteiger partial charge in [0, 0.05) is 11.1 Å². The van der Waals surface area contributed by atoms with Crippen molar-refractivity contribution < 1.29 is 22.6 Å². The SMILES string of the molecule is COc1ccc(C/[N+]([O-])=C/c2ccc(C(F)(F)F)cc2)cc1. The van der Waals surface area contributed by atoms with E-state index >= 15 is 0 Å². The topological polar surface area (TPSA) is 35.3 Å². The van der Waals surface area contributed by atoms with Gasteiger partial charge in [-0.1, -0.05) is 0 Å². The average Bonchev–Trinajstić information content (AvgIpc) is 2.47. The normalized spacial score (nSPS) is 12.3. The minimum Gasteiger partial charge on any atom is -0.624 e. The van der Waals surface area contributed by atoms with Crippen molar-refractivity contribution >= 4 is 6.21 Å². The van der Waals surface area contributed by atoms with Crippen molar-refractivity contribution in [3.63, 3.8) is 0 Å². The van der Waals surface area contributed by atoms with Crippen LogP contribution in [0, 0.1) is 5.21 Å². The van der Waals surface area contributed by atoms with E-state index in [1.165, 1.54) is 18.3 Å². The molecule has 2 rings (SSSR count). The molecule has 0 atom stereocenters. The second kappa shape index (κ2) is 6.51. The van der Waals surface area contributed by atoms with Gasteiger partial charge in [0.15, 0.2) is 12.8 Å². The Balaban J connectivity index is 2.07. The maximum atomic E-state index is 12.4. The highest BCUT2D eigenvalue weighted by molar-refractivity contribution is 5.75. The number of hydrogen-bond donors (Lipinski definition) is 0. The summed E-state index contributed by atoms with van der Waals surface area (Å²) in [4.78, 5) is 0. The summed E-state index contributed by atoms with van der Waals surface area (Å²) in [6, 6.07) is 11.4. The lowest BCUT2D eigenvalue weighted by Gasteiger charge is -2.07. The van der Waals surface area contributed by atoms with Crippen molar-refractivity contribution in [2.75, 3.05) is 7.11 Å². The Kier molecular flexibility index (Phi) is 4.70. The number of nitrogens with zero attached hydrogens (tertiary/aromatic N) is 1. The zero-order valence-corrected chi connectivity index (χ0v) is 11.8. The van der Waals surface area contributed by atoms with Crippen LogP contribution in [0.15, 0.2) is 48.5 Å². The molecule has 0 spiro atoms. The predicted molar refractivity (Wildman–Crippen MR) is 76.9 cm³/mol. The highest BCUT2D eigenvalue weighted by Crippen LogP contribution is 2.28. The molecular formula is C16H14F3NO2. The van der Waals surface area contributed by atoms with E-state index in [9.17, 15) is 18.4 Å². The van der Waals surface area contributed by atoms with Crippen molar-refractivity contribution in [3.8, 4) is 5.75 Å². The molecule has 2 aromatic rings. The molecule has 0 unspecified atom stereocenters. The lowest BCUT2D eigenvalue weighted by molar-refractivity contribution is -0.469. The Morgan fingerprint density at radius 3 is 2.14 bits per heavy atom. The number of hydroxylamine groups is 1. The number of halogens is 3. The van der Waals surface area contributed by atoms with Gasteiger partial charge in [0.1, 0.15) is 5.75 Å². The van der Waals surface area contributed by atoms with Crippen molar-refractivity contribution in [3.05, 3.63) is 70.4 Å². The van der Waals surface area contributed by atoms with Gasteiger partial charge in [0.2, 0.25) is 0 Å². The lowest BCUT2D eigenvalue weighted by atomic mass is 10.1. The van der Waals surface area contributed by atoms with E-state index in [0.717, 1.165) is 17.7 Å². The third-order valence-corrected chi connectivity index (χ3v) is 3.03. The molecule has 116 valence electrons. The van der Waals surface area contributed by atoms with E-state index < -0.39 is 11.7 Å². The van der Waals surface area contributed by atoms with Crippen LogP contribution in [0.5, 0.6) is 5.75 Å². The molecule has 0 aliphatic carbocycles.